The highest BCUT2D eigenvalue weighted by Gasteiger charge is 2.76. The van der Waals surface area contributed by atoms with Gasteiger partial charge in [0, 0.05) is 13.0 Å². The van der Waals surface area contributed by atoms with Crippen LogP contribution in [0.5, 0.6) is 0 Å². The lowest BCUT2D eigenvalue weighted by molar-refractivity contribution is -0.145. The summed E-state index contributed by atoms with van der Waals surface area (Å²) in [6.45, 7) is 1.55. The fourth-order valence-corrected chi connectivity index (χ4v) is 5.99. The Morgan fingerprint density at radius 2 is 1.88 bits per heavy atom. The van der Waals surface area contributed by atoms with Gasteiger partial charge in [-0.1, -0.05) is 29.8 Å². The van der Waals surface area contributed by atoms with Gasteiger partial charge < -0.3 is 9.84 Å². The predicted molar refractivity (Wildman–Crippen MR) is 93.2 cm³/mol. The van der Waals surface area contributed by atoms with E-state index < -0.39 is 38.2 Å². The summed E-state index contributed by atoms with van der Waals surface area (Å²) in [5.41, 5.74) is -0.417. The van der Waals surface area contributed by atoms with Gasteiger partial charge in [-0.3, -0.25) is 4.79 Å². The molecule has 0 spiro atoms. The van der Waals surface area contributed by atoms with Crippen molar-refractivity contribution >= 4 is 15.8 Å². The molecule has 5 nitrogen and oxygen atoms in total. The van der Waals surface area contributed by atoms with Crippen molar-refractivity contribution in [3.05, 3.63) is 65.5 Å². The highest BCUT2D eigenvalue weighted by atomic mass is 32.2. The van der Waals surface area contributed by atoms with Crippen molar-refractivity contribution in [2.75, 3.05) is 13.7 Å². The van der Waals surface area contributed by atoms with Crippen molar-refractivity contribution in [1.29, 1.82) is 0 Å². The molecular weight excluding hydrogens is 359 g/mol. The Hall–Kier alpha value is -2.25. The van der Waals surface area contributed by atoms with Gasteiger partial charge in [-0.05, 0) is 36.8 Å². The number of benzene rings is 2. The zero-order valence-corrected chi connectivity index (χ0v) is 15.2. The number of sulfone groups is 1. The summed E-state index contributed by atoms with van der Waals surface area (Å²) in [6, 6.07) is 11.6. The molecule has 2 aromatic carbocycles. The van der Waals surface area contributed by atoms with Gasteiger partial charge in [0.15, 0.2) is 9.84 Å². The minimum Gasteiger partial charge on any atom is -0.481 e. The van der Waals surface area contributed by atoms with Crippen molar-refractivity contribution in [3.63, 3.8) is 0 Å². The summed E-state index contributed by atoms with van der Waals surface area (Å²) in [5.74, 6) is -2.70. The van der Waals surface area contributed by atoms with E-state index >= 15 is 0 Å². The molecule has 0 aliphatic heterocycles. The van der Waals surface area contributed by atoms with E-state index in [4.69, 9.17) is 4.74 Å². The molecule has 0 bridgehead atoms. The average Bonchev–Trinajstić information content (AvgIpc) is 3.27. The normalized spacial score (nSPS) is 25.0. The Labute approximate surface area is 151 Å². The molecule has 1 saturated carbocycles. The fraction of sp³-hybridized carbons (Fsp3) is 0.316. The van der Waals surface area contributed by atoms with Crippen LogP contribution in [0.2, 0.25) is 0 Å². The smallest absolute Gasteiger partial charge is 0.314 e. The molecule has 0 unspecified atom stereocenters. The van der Waals surface area contributed by atoms with Crippen LogP contribution in [0.15, 0.2) is 53.4 Å². The number of carbonyl (C=O) groups is 1. The van der Waals surface area contributed by atoms with E-state index in [2.05, 4.69) is 0 Å². The lowest BCUT2D eigenvalue weighted by Gasteiger charge is -2.12. The summed E-state index contributed by atoms with van der Waals surface area (Å²) in [4.78, 5) is 12.1. The minimum atomic E-state index is -3.95. The number of halogens is 1. The lowest BCUT2D eigenvalue weighted by Crippen LogP contribution is -2.28. The second-order valence-corrected chi connectivity index (χ2v) is 8.66. The fourth-order valence-electron chi connectivity index (χ4n) is 3.63. The zero-order valence-electron chi connectivity index (χ0n) is 14.3. The van der Waals surface area contributed by atoms with Crippen molar-refractivity contribution < 1.29 is 27.4 Å². The van der Waals surface area contributed by atoms with Gasteiger partial charge in [-0.2, -0.15) is 0 Å². The van der Waals surface area contributed by atoms with Crippen LogP contribution in [0.25, 0.3) is 0 Å². The minimum absolute atomic E-state index is 0.0498. The monoisotopic (exact) mass is 378 g/mol. The molecular formula is C19H19FO5S. The summed E-state index contributed by atoms with van der Waals surface area (Å²) in [6.07, 6.45) is 0. The van der Waals surface area contributed by atoms with Gasteiger partial charge in [0.2, 0.25) is 0 Å². The topological polar surface area (TPSA) is 80.7 Å². The van der Waals surface area contributed by atoms with Crippen LogP contribution in [0.3, 0.4) is 0 Å². The number of carboxylic acid groups (broad SMARTS) is 1. The zero-order chi connectivity index (χ0) is 19.1. The molecule has 1 aliphatic carbocycles. The predicted octanol–water partition coefficient (Wildman–Crippen LogP) is 2.79. The standard InChI is InChI=1S/C19H19FO5S/c1-12-6-8-15(9-7-12)26(23,24)17-16(13-4-3-5-14(20)10-13)19(17,11-25-2)18(21)22/h3-10,16-17H,11H2,1-2H3,(H,21,22)/t16-,17-,19+/m0/s1. The summed E-state index contributed by atoms with van der Waals surface area (Å²) >= 11 is 0. The molecule has 26 heavy (non-hydrogen) atoms. The molecule has 0 amide bonds. The Morgan fingerprint density at radius 1 is 1.23 bits per heavy atom. The molecule has 3 rings (SSSR count). The summed E-state index contributed by atoms with van der Waals surface area (Å²) in [7, 11) is -2.63. The van der Waals surface area contributed by atoms with E-state index in [0.717, 1.165) is 5.56 Å². The molecule has 0 radical (unpaired) electrons. The van der Waals surface area contributed by atoms with Crippen LogP contribution in [-0.2, 0) is 19.4 Å². The van der Waals surface area contributed by atoms with Gasteiger partial charge in [-0.15, -0.1) is 0 Å². The Morgan fingerprint density at radius 3 is 2.42 bits per heavy atom. The van der Waals surface area contributed by atoms with Crippen LogP contribution in [0.1, 0.15) is 17.0 Å². The molecule has 0 heterocycles. The van der Waals surface area contributed by atoms with Crippen LogP contribution in [0.4, 0.5) is 4.39 Å². The van der Waals surface area contributed by atoms with E-state index in [1.807, 2.05) is 6.92 Å². The van der Waals surface area contributed by atoms with Gasteiger partial charge in [0.1, 0.15) is 11.2 Å². The molecule has 1 N–H and O–H groups in total. The summed E-state index contributed by atoms with van der Waals surface area (Å²) in [5, 5.41) is 8.60. The first-order valence-electron chi connectivity index (χ1n) is 8.03. The van der Waals surface area contributed by atoms with Crippen LogP contribution in [-0.4, -0.2) is 38.5 Å². The second kappa shape index (κ2) is 6.48. The number of ether oxygens (including phenoxy) is 1. The van der Waals surface area contributed by atoms with Gasteiger partial charge in [-0.25, -0.2) is 12.8 Å². The maximum atomic E-state index is 13.7. The first-order chi connectivity index (χ1) is 12.2. The molecule has 0 aromatic heterocycles. The quantitative estimate of drug-likeness (QED) is 0.836. The number of aryl methyl sites for hydroxylation is 1. The third-order valence-electron chi connectivity index (χ3n) is 4.93. The third kappa shape index (κ3) is 2.81. The number of methoxy groups -OCH3 is 1. The number of hydrogen-bond acceptors (Lipinski definition) is 4. The number of carboxylic acids is 1. The van der Waals surface area contributed by atoms with Crippen molar-refractivity contribution in [2.45, 2.75) is 23.0 Å². The lowest BCUT2D eigenvalue weighted by atomic mass is 10.00. The highest BCUT2D eigenvalue weighted by Crippen LogP contribution is 2.64. The van der Waals surface area contributed by atoms with E-state index in [0.29, 0.717) is 5.56 Å². The molecule has 7 heteroatoms. The molecule has 138 valence electrons. The first kappa shape index (κ1) is 18.5. The average molecular weight is 378 g/mol. The van der Waals surface area contributed by atoms with Crippen molar-refractivity contribution in [1.82, 2.24) is 0 Å². The molecule has 3 atom stereocenters. The maximum absolute atomic E-state index is 13.7. The van der Waals surface area contributed by atoms with E-state index in [1.165, 1.54) is 37.4 Å². The van der Waals surface area contributed by atoms with Crippen LogP contribution >= 0.6 is 0 Å². The first-order valence-corrected chi connectivity index (χ1v) is 9.58. The van der Waals surface area contributed by atoms with Crippen molar-refractivity contribution in [3.8, 4) is 0 Å². The van der Waals surface area contributed by atoms with E-state index in [1.54, 1.807) is 18.2 Å². The number of aliphatic carboxylic acids is 1. The molecule has 2 aromatic rings. The highest BCUT2D eigenvalue weighted by molar-refractivity contribution is 7.92. The molecule has 1 fully saturated rings. The largest absolute Gasteiger partial charge is 0.481 e. The van der Waals surface area contributed by atoms with Gasteiger partial charge >= 0.3 is 5.97 Å². The Bertz CT molecular complexity index is 939. The summed E-state index contributed by atoms with van der Waals surface area (Å²) < 4.78 is 45.0. The Kier molecular flexibility index (Phi) is 4.62. The maximum Gasteiger partial charge on any atom is 0.314 e. The molecule has 0 saturated heterocycles. The van der Waals surface area contributed by atoms with Gasteiger partial charge in [0.25, 0.3) is 0 Å². The van der Waals surface area contributed by atoms with E-state index in [-0.39, 0.29) is 11.5 Å². The van der Waals surface area contributed by atoms with Crippen LogP contribution in [0, 0.1) is 18.2 Å². The van der Waals surface area contributed by atoms with E-state index in [9.17, 15) is 22.7 Å². The van der Waals surface area contributed by atoms with Gasteiger partial charge in [0.05, 0.1) is 16.8 Å². The SMILES string of the molecule is COC[C@@]1(C(=O)O)[C@@H](c2cccc(F)c2)[C@@H]1S(=O)(=O)c1ccc(C)cc1. The molecule has 1 aliphatic rings. The Balaban J connectivity index is 2.13. The third-order valence-corrected chi connectivity index (χ3v) is 7.22. The van der Waals surface area contributed by atoms with Crippen molar-refractivity contribution in [2.24, 2.45) is 5.41 Å². The number of rotatable bonds is 6. The second-order valence-electron chi connectivity index (χ2n) is 6.59. The number of hydrogen-bond donors (Lipinski definition) is 1. The van der Waals surface area contributed by atoms with Crippen LogP contribution < -0.4 is 0 Å².